The van der Waals surface area contributed by atoms with E-state index in [1.807, 2.05) is 12.1 Å². The number of benzene rings is 2. The van der Waals surface area contributed by atoms with Gasteiger partial charge in [-0.3, -0.25) is 5.01 Å². The maximum absolute atomic E-state index is 6.05. The van der Waals surface area contributed by atoms with Crippen molar-refractivity contribution >= 4 is 23.0 Å². The van der Waals surface area contributed by atoms with Crippen LogP contribution >= 0.6 is 11.6 Å². The molecule has 0 bridgehead atoms. The van der Waals surface area contributed by atoms with E-state index in [0.29, 0.717) is 6.04 Å². The first-order valence-electron chi connectivity index (χ1n) is 9.70. The molecule has 0 aromatic heterocycles. The van der Waals surface area contributed by atoms with Crippen molar-refractivity contribution in [2.45, 2.75) is 31.7 Å². The van der Waals surface area contributed by atoms with Crippen LogP contribution in [0.15, 0.2) is 60.2 Å². The maximum atomic E-state index is 6.05. The lowest BCUT2D eigenvalue weighted by molar-refractivity contribution is 0.271. The minimum absolute atomic E-state index is 0.413. The molecule has 4 heteroatoms. The summed E-state index contributed by atoms with van der Waals surface area (Å²) in [5.41, 5.74) is 5.76. The third-order valence-corrected chi connectivity index (χ3v) is 5.86. The SMILES string of the molecule is C=C1c2ccccc2C(Cc2ccc(Cl)cc2)=NN1C1CCCN(C)CC1. The highest BCUT2D eigenvalue weighted by molar-refractivity contribution is 6.30. The highest BCUT2D eigenvalue weighted by Gasteiger charge is 2.28. The first-order chi connectivity index (χ1) is 13.1. The molecule has 0 amide bonds. The number of likely N-dealkylation sites (tertiary alicyclic amines) is 1. The highest BCUT2D eigenvalue weighted by atomic mass is 35.5. The summed E-state index contributed by atoms with van der Waals surface area (Å²) in [7, 11) is 2.21. The summed E-state index contributed by atoms with van der Waals surface area (Å²) in [6.07, 6.45) is 4.28. The molecule has 3 nitrogen and oxygen atoms in total. The summed E-state index contributed by atoms with van der Waals surface area (Å²) in [6, 6.07) is 17.0. The van der Waals surface area contributed by atoms with Gasteiger partial charge in [-0.05, 0) is 57.1 Å². The Morgan fingerprint density at radius 3 is 2.56 bits per heavy atom. The molecule has 1 atom stereocenters. The van der Waals surface area contributed by atoms with E-state index in [-0.39, 0.29) is 0 Å². The normalized spacial score (nSPS) is 20.8. The van der Waals surface area contributed by atoms with E-state index in [0.717, 1.165) is 48.8 Å². The molecule has 2 aromatic rings. The molecule has 0 saturated carbocycles. The minimum atomic E-state index is 0.413. The van der Waals surface area contributed by atoms with E-state index in [2.05, 4.69) is 59.9 Å². The van der Waals surface area contributed by atoms with Crippen LogP contribution in [0.2, 0.25) is 5.02 Å². The lowest BCUT2D eigenvalue weighted by Crippen LogP contribution is -2.35. The van der Waals surface area contributed by atoms with E-state index in [4.69, 9.17) is 16.7 Å². The average molecular weight is 380 g/mol. The van der Waals surface area contributed by atoms with Gasteiger partial charge in [-0.2, -0.15) is 5.10 Å². The summed E-state index contributed by atoms with van der Waals surface area (Å²) in [5, 5.41) is 8.08. The average Bonchev–Trinajstić information content (AvgIpc) is 2.90. The van der Waals surface area contributed by atoms with Crippen molar-refractivity contribution in [2.75, 3.05) is 20.1 Å². The van der Waals surface area contributed by atoms with Crippen LogP contribution in [0.5, 0.6) is 0 Å². The van der Waals surface area contributed by atoms with Crippen LogP contribution in [-0.4, -0.2) is 41.8 Å². The molecule has 27 heavy (non-hydrogen) atoms. The first-order valence-corrected chi connectivity index (χ1v) is 10.1. The van der Waals surface area contributed by atoms with Crippen molar-refractivity contribution < 1.29 is 0 Å². The Hall–Kier alpha value is -2.10. The molecule has 1 saturated heterocycles. The fraction of sp³-hybridized carbons (Fsp3) is 0.348. The summed E-state index contributed by atoms with van der Waals surface area (Å²) >= 11 is 6.05. The van der Waals surface area contributed by atoms with Crippen molar-refractivity contribution in [2.24, 2.45) is 5.10 Å². The molecule has 2 aliphatic rings. The second-order valence-electron chi connectivity index (χ2n) is 7.57. The Kier molecular flexibility index (Phi) is 5.33. The van der Waals surface area contributed by atoms with Crippen LogP contribution in [0, 0.1) is 0 Å². The fourth-order valence-electron chi connectivity index (χ4n) is 4.05. The van der Waals surface area contributed by atoms with Gasteiger partial charge in [0.15, 0.2) is 0 Å². The van der Waals surface area contributed by atoms with Gasteiger partial charge < -0.3 is 4.90 Å². The monoisotopic (exact) mass is 379 g/mol. The Labute approximate surface area is 166 Å². The number of rotatable bonds is 3. The zero-order chi connectivity index (χ0) is 18.8. The molecule has 0 aliphatic carbocycles. The van der Waals surface area contributed by atoms with Gasteiger partial charge in [0, 0.05) is 22.6 Å². The third-order valence-electron chi connectivity index (χ3n) is 5.61. The fourth-order valence-corrected chi connectivity index (χ4v) is 4.18. The van der Waals surface area contributed by atoms with E-state index in [1.165, 1.54) is 23.1 Å². The van der Waals surface area contributed by atoms with Crippen LogP contribution in [0.3, 0.4) is 0 Å². The van der Waals surface area contributed by atoms with Gasteiger partial charge in [0.2, 0.25) is 0 Å². The Bertz CT molecular complexity index is 856. The molecular formula is C23H26ClN3. The smallest absolute Gasteiger partial charge is 0.0732 e. The largest absolute Gasteiger partial charge is 0.306 e. The molecule has 2 aliphatic heterocycles. The van der Waals surface area contributed by atoms with Crippen molar-refractivity contribution in [3.63, 3.8) is 0 Å². The maximum Gasteiger partial charge on any atom is 0.0732 e. The molecule has 2 heterocycles. The molecule has 0 spiro atoms. The molecule has 4 rings (SSSR count). The van der Waals surface area contributed by atoms with Gasteiger partial charge in [0.05, 0.1) is 17.5 Å². The summed E-state index contributed by atoms with van der Waals surface area (Å²) < 4.78 is 0. The number of fused-ring (bicyclic) bond motifs is 1. The van der Waals surface area contributed by atoms with Crippen molar-refractivity contribution in [3.05, 3.63) is 76.8 Å². The first kappa shape index (κ1) is 18.3. The van der Waals surface area contributed by atoms with Crippen LogP contribution in [-0.2, 0) is 6.42 Å². The van der Waals surface area contributed by atoms with Gasteiger partial charge in [0.1, 0.15) is 0 Å². The van der Waals surface area contributed by atoms with Crippen LogP contribution < -0.4 is 0 Å². The second kappa shape index (κ2) is 7.87. The van der Waals surface area contributed by atoms with Gasteiger partial charge in [0.25, 0.3) is 0 Å². The van der Waals surface area contributed by atoms with E-state index in [9.17, 15) is 0 Å². The topological polar surface area (TPSA) is 18.8 Å². The van der Waals surface area contributed by atoms with E-state index in [1.54, 1.807) is 0 Å². The summed E-state index contributed by atoms with van der Waals surface area (Å²) in [6.45, 7) is 6.67. The van der Waals surface area contributed by atoms with Gasteiger partial charge in [-0.25, -0.2) is 0 Å². The van der Waals surface area contributed by atoms with E-state index < -0.39 is 0 Å². The lowest BCUT2D eigenvalue weighted by atomic mass is 9.94. The summed E-state index contributed by atoms with van der Waals surface area (Å²) in [4.78, 5) is 2.42. The zero-order valence-electron chi connectivity index (χ0n) is 15.9. The third kappa shape index (κ3) is 3.95. The van der Waals surface area contributed by atoms with Crippen molar-refractivity contribution in [3.8, 4) is 0 Å². The second-order valence-corrected chi connectivity index (χ2v) is 8.01. The standard InChI is InChI=1S/C23H26ClN3/c1-17-21-7-3-4-8-22(21)23(16-18-9-11-19(24)12-10-18)25-27(17)20-6-5-14-26(2)15-13-20/h3-4,7-12,20H,1,5-6,13-16H2,2H3. The highest BCUT2D eigenvalue weighted by Crippen LogP contribution is 2.33. The van der Waals surface area contributed by atoms with Crippen LogP contribution in [0.25, 0.3) is 5.70 Å². The number of nitrogens with zero attached hydrogens (tertiary/aromatic N) is 3. The Balaban J connectivity index is 1.68. The zero-order valence-corrected chi connectivity index (χ0v) is 16.6. The predicted octanol–water partition coefficient (Wildman–Crippen LogP) is 5.06. The lowest BCUT2D eigenvalue weighted by Gasteiger charge is -2.35. The Morgan fingerprint density at radius 1 is 1.04 bits per heavy atom. The number of hydrazone groups is 1. The molecule has 1 fully saturated rings. The van der Waals surface area contributed by atoms with E-state index >= 15 is 0 Å². The molecule has 140 valence electrons. The molecule has 0 radical (unpaired) electrons. The molecule has 1 unspecified atom stereocenters. The number of halogens is 1. The van der Waals surface area contributed by atoms with Crippen molar-refractivity contribution in [1.82, 2.24) is 9.91 Å². The number of hydrogen-bond donors (Lipinski definition) is 0. The predicted molar refractivity (Wildman–Crippen MR) is 114 cm³/mol. The van der Waals surface area contributed by atoms with Crippen molar-refractivity contribution in [1.29, 1.82) is 0 Å². The minimum Gasteiger partial charge on any atom is -0.306 e. The van der Waals surface area contributed by atoms with Gasteiger partial charge in [-0.1, -0.05) is 54.6 Å². The molecular weight excluding hydrogens is 354 g/mol. The molecule has 2 aromatic carbocycles. The molecule has 0 N–H and O–H groups in total. The van der Waals surface area contributed by atoms with Crippen LogP contribution in [0.4, 0.5) is 0 Å². The quantitative estimate of drug-likeness (QED) is 0.742. The Morgan fingerprint density at radius 2 is 1.78 bits per heavy atom. The van der Waals surface area contributed by atoms with Gasteiger partial charge in [-0.15, -0.1) is 0 Å². The van der Waals surface area contributed by atoms with Crippen LogP contribution in [0.1, 0.15) is 36.0 Å². The number of hydrogen-bond acceptors (Lipinski definition) is 3. The van der Waals surface area contributed by atoms with Gasteiger partial charge >= 0.3 is 0 Å². The summed E-state index contributed by atoms with van der Waals surface area (Å²) in [5.74, 6) is 0.